The highest BCUT2D eigenvalue weighted by Gasteiger charge is 2.15. The van der Waals surface area contributed by atoms with Gasteiger partial charge in [0.05, 0.1) is 13.2 Å². The normalized spacial score (nSPS) is 12.5. The van der Waals surface area contributed by atoms with Crippen LogP contribution in [0.2, 0.25) is 0 Å². The van der Waals surface area contributed by atoms with Gasteiger partial charge in [-0.25, -0.2) is 4.39 Å². The van der Waals surface area contributed by atoms with Crippen LogP contribution < -0.4 is 10.5 Å². The SMILES string of the molecule is COc1ccc(F)c(-n2nnnc2C(C)N)c1. The molecule has 0 aliphatic rings. The molecule has 0 saturated carbocycles. The highest BCUT2D eigenvalue weighted by molar-refractivity contribution is 5.40. The van der Waals surface area contributed by atoms with Crippen molar-refractivity contribution in [2.24, 2.45) is 5.73 Å². The number of tetrazole rings is 1. The molecule has 17 heavy (non-hydrogen) atoms. The van der Waals surface area contributed by atoms with Gasteiger partial charge in [-0.3, -0.25) is 0 Å². The van der Waals surface area contributed by atoms with E-state index in [0.717, 1.165) is 0 Å². The van der Waals surface area contributed by atoms with Crippen molar-refractivity contribution in [3.05, 3.63) is 29.8 Å². The zero-order valence-electron chi connectivity index (χ0n) is 9.46. The van der Waals surface area contributed by atoms with Crippen LogP contribution in [0.25, 0.3) is 5.69 Å². The number of nitrogens with two attached hydrogens (primary N) is 1. The summed E-state index contributed by atoms with van der Waals surface area (Å²) >= 11 is 0. The van der Waals surface area contributed by atoms with Crippen molar-refractivity contribution in [2.45, 2.75) is 13.0 Å². The highest BCUT2D eigenvalue weighted by Crippen LogP contribution is 2.21. The summed E-state index contributed by atoms with van der Waals surface area (Å²) in [6, 6.07) is 3.93. The number of ether oxygens (including phenoxy) is 1. The molecule has 0 spiro atoms. The van der Waals surface area contributed by atoms with E-state index in [1.54, 1.807) is 6.92 Å². The molecule has 2 aromatic rings. The Balaban J connectivity index is 2.55. The minimum absolute atomic E-state index is 0.210. The third-order valence-corrected chi connectivity index (χ3v) is 2.28. The molecule has 1 atom stereocenters. The number of aromatic nitrogens is 4. The van der Waals surface area contributed by atoms with Gasteiger partial charge in [0.1, 0.15) is 17.3 Å². The molecule has 7 heteroatoms. The van der Waals surface area contributed by atoms with Crippen molar-refractivity contribution in [3.8, 4) is 11.4 Å². The summed E-state index contributed by atoms with van der Waals surface area (Å²) in [6.07, 6.45) is 0. The smallest absolute Gasteiger partial charge is 0.173 e. The minimum Gasteiger partial charge on any atom is -0.497 e. The van der Waals surface area contributed by atoms with E-state index in [1.165, 1.54) is 30.0 Å². The Hall–Kier alpha value is -2.02. The first kappa shape index (κ1) is 11.5. The van der Waals surface area contributed by atoms with E-state index in [9.17, 15) is 4.39 Å². The van der Waals surface area contributed by atoms with Crippen LogP contribution in [0.15, 0.2) is 18.2 Å². The molecule has 1 aromatic heterocycles. The minimum atomic E-state index is -0.444. The Kier molecular flexibility index (Phi) is 3.01. The summed E-state index contributed by atoms with van der Waals surface area (Å²) in [4.78, 5) is 0. The van der Waals surface area contributed by atoms with Gasteiger partial charge in [0.25, 0.3) is 0 Å². The predicted molar refractivity (Wildman–Crippen MR) is 58.3 cm³/mol. The topological polar surface area (TPSA) is 78.8 Å². The number of nitrogens with zero attached hydrogens (tertiary/aromatic N) is 4. The second-order valence-electron chi connectivity index (χ2n) is 3.55. The number of halogens is 1. The highest BCUT2D eigenvalue weighted by atomic mass is 19.1. The molecule has 0 saturated heterocycles. The molecule has 0 amide bonds. The first-order chi connectivity index (χ1) is 8.13. The van der Waals surface area contributed by atoms with Crippen LogP contribution in [0.3, 0.4) is 0 Å². The maximum absolute atomic E-state index is 13.7. The Morgan fingerprint density at radius 2 is 2.24 bits per heavy atom. The first-order valence-electron chi connectivity index (χ1n) is 5.01. The molecule has 2 rings (SSSR count). The van der Waals surface area contributed by atoms with Gasteiger partial charge >= 0.3 is 0 Å². The molecule has 0 bridgehead atoms. The Labute approximate surface area is 97.2 Å². The fourth-order valence-electron chi connectivity index (χ4n) is 1.43. The van der Waals surface area contributed by atoms with E-state index in [-0.39, 0.29) is 5.69 Å². The average molecular weight is 237 g/mol. The van der Waals surface area contributed by atoms with E-state index >= 15 is 0 Å². The standard InChI is InChI=1S/C10H12FN5O/c1-6(12)10-13-14-15-16(10)9-5-7(17-2)3-4-8(9)11/h3-6H,12H2,1-2H3. The van der Waals surface area contributed by atoms with Crippen LogP contribution >= 0.6 is 0 Å². The first-order valence-corrected chi connectivity index (χ1v) is 5.01. The van der Waals surface area contributed by atoms with Gasteiger partial charge in [-0.1, -0.05) is 0 Å². The largest absolute Gasteiger partial charge is 0.497 e. The van der Waals surface area contributed by atoms with Crippen molar-refractivity contribution < 1.29 is 9.13 Å². The monoisotopic (exact) mass is 237 g/mol. The van der Waals surface area contributed by atoms with Crippen LogP contribution in [-0.4, -0.2) is 27.3 Å². The molecular formula is C10H12FN5O. The fourth-order valence-corrected chi connectivity index (χ4v) is 1.43. The number of hydrogen-bond acceptors (Lipinski definition) is 5. The summed E-state index contributed by atoms with van der Waals surface area (Å²) in [5.74, 6) is 0.463. The summed E-state index contributed by atoms with van der Waals surface area (Å²) in [5, 5.41) is 11.0. The maximum atomic E-state index is 13.7. The summed E-state index contributed by atoms with van der Waals surface area (Å²) < 4.78 is 20.0. The van der Waals surface area contributed by atoms with Gasteiger partial charge in [-0.15, -0.1) is 5.10 Å². The molecular weight excluding hydrogens is 225 g/mol. The third kappa shape index (κ3) is 2.09. The van der Waals surface area contributed by atoms with E-state index in [2.05, 4.69) is 15.5 Å². The van der Waals surface area contributed by atoms with Gasteiger partial charge in [0, 0.05) is 6.07 Å². The van der Waals surface area contributed by atoms with Gasteiger partial charge in [-0.2, -0.15) is 4.68 Å². The van der Waals surface area contributed by atoms with Crippen molar-refractivity contribution >= 4 is 0 Å². The number of hydrogen-bond donors (Lipinski definition) is 1. The van der Waals surface area contributed by atoms with E-state index < -0.39 is 11.9 Å². The summed E-state index contributed by atoms with van der Waals surface area (Å²) in [5.41, 5.74) is 5.91. The van der Waals surface area contributed by atoms with Crippen LogP contribution in [0.5, 0.6) is 5.75 Å². The Morgan fingerprint density at radius 3 is 2.88 bits per heavy atom. The number of benzene rings is 1. The molecule has 0 aliphatic heterocycles. The molecule has 1 unspecified atom stereocenters. The summed E-state index contributed by atoms with van der Waals surface area (Å²) in [6.45, 7) is 1.72. The average Bonchev–Trinajstić information content (AvgIpc) is 2.78. The number of methoxy groups -OCH3 is 1. The fraction of sp³-hybridized carbons (Fsp3) is 0.300. The molecule has 2 N–H and O–H groups in total. The van der Waals surface area contributed by atoms with Crippen LogP contribution in [-0.2, 0) is 0 Å². The third-order valence-electron chi connectivity index (χ3n) is 2.28. The van der Waals surface area contributed by atoms with E-state index in [0.29, 0.717) is 11.6 Å². The summed E-state index contributed by atoms with van der Waals surface area (Å²) in [7, 11) is 1.50. The van der Waals surface area contributed by atoms with E-state index in [4.69, 9.17) is 10.5 Å². The lowest BCUT2D eigenvalue weighted by Crippen LogP contribution is -2.14. The number of rotatable bonds is 3. The van der Waals surface area contributed by atoms with Gasteiger partial charge in [0.2, 0.25) is 0 Å². The van der Waals surface area contributed by atoms with Gasteiger partial charge in [-0.05, 0) is 29.5 Å². The molecule has 90 valence electrons. The van der Waals surface area contributed by atoms with Gasteiger partial charge in [0.15, 0.2) is 5.82 Å². The Bertz CT molecular complexity index is 525. The molecule has 6 nitrogen and oxygen atoms in total. The lowest BCUT2D eigenvalue weighted by atomic mass is 10.2. The molecule has 0 fully saturated rings. The Morgan fingerprint density at radius 1 is 1.47 bits per heavy atom. The van der Waals surface area contributed by atoms with Gasteiger partial charge < -0.3 is 10.5 Å². The van der Waals surface area contributed by atoms with Crippen LogP contribution in [0, 0.1) is 5.82 Å². The van der Waals surface area contributed by atoms with Crippen LogP contribution in [0.4, 0.5) is 4.39 Å². The molecule has 1 aromatic carbocycles. The van der Waals surface area contributed by atoms with E-state index in [1.807, 2.05) is 0 Å². The van der Waals surface area contributed by atoms with Crippen molar-refractivity contribution in [3.63, 3.8) is 0 Å². The molecule has 0 aliphatic carbocycles. The second kappa shape index (κ2) is 4.46. The van der Waals surface area contributed by atoms with Crippen molar-refractivity contribution in [1.29, 1.82) is 0 Å². The lowest BCUT2D eigenvalue weighted by molar-refractivity contribution is 0.413. The predicted octanol–water partition coefficient (Wildman–Crippen LogP) is 0.830. The quantitative estimate of drug-likeness (QED) is 0.855. The molecule has 0 radical (unpaired) electrons. The molecule has 1 heterocycles. The zero-order chi connectivity index (χ0) is 12.4. The lowest BCUT2D eigenvalue weighted by Gasteiger charge is -2.09. The zero-order valence-corrected chi connectivity index (χ0v) is 9.46. The van der Waals surface area contributed by atoms with Crippen LogP contribution in [0.1, 0.15) is 18.8 Å². The maximum Gasteiger partial charge on any atom is 0.173 e. The van der Waals surface area contributed by atoms with Crippen molar-refractivity contribution in [2.75, 3.05) is 7.11 Å². The van der Waals surface area contributed by atoms with Crippen molar-refractivity contribution in [1.82, 2.24) is 20.2 Å². The second-order valence-corrected chi connectivity index (χ2v) is 3.55.